The van der Waals surface area contributed by atoms with Crippen LogP contribution in [0.25, 0.3) is 0 Å². The molecule has 2 aromatic rings. The summed E-state index contributed by atoms with van der Waals surface area (Å²) in [6.07, 6.45) is 1.16. The van der Waals surface area contributed by atoms with Gasteiger partial charge in [-0.3, -0.25) is 4.90 Å². The van der Waals surface area contributed by atoms with Gasteiger partial charge >= 0.3 is 0 Å². The van der Waals surface area contributed by atoms with E-state index in [9.17, 15) is 0 Å². The lowest BCUT2D eigenvalue weighted by molar-refractivity contribution is 0.171. The average molecular weight is 400 g/mol. The summed E-state index contributed by atoms with van der Waals surface area (Å²) in [7, 11) is 0. The van der Waals surface area contributed by atoms with Crippen molar-refractivity contribution < 1.29 is 9.47 Å². The molecule has 1 fully saturated rings. The van der Waals surface area contributed by atoms with E-state index < -0.39 is 0 Å². The first-order valence-corrected chi connectivity index (χ1v) is 10.5. The quantitative estimate of drug-likeness (QED) is 0.845. The third-order valence-electron chi connectivity index (χ3n) is 6.04. The molecule has 1 unspecified atom stereocenters. The van der Waals surface area contributed by atoms with Crippen molar-refractivity contribution in [2.75, 3.05) is 62.7 Å². The lowest BCUT2D eigenvalue weighted by atomic mass is 9.97. The highest BCUT2D eigenvalue weighted by molar-refractivity contribution is 6.30. The first-order chi connectivity index (χ1) is 13.8. The normalized spacial score (nSPS) is 21.3. The molecule has 6 heteroatoms. The summed E-state index contributed by atoms with van der Waals surface area (Å²) in [5.74, 6) is 2.34. The zero-order valence-electron chi connectivity index (χ0n) is 16.0. The topological polar surface area (TPSA) is 37.0 Å². The molecular formula is C22H26ClN3O2. The van der Waals surface area contributed by atoms with Crippen LogP contribution in [-0.4, -0.2) is 57.4 Å². The van der Waals surface area contributed by atoms with Crippen LogP contribution in [0, 0.1) is 0 Å². The standard InChI is InChI=1S/C22H26ClN3O2/c23-17-4-5-19-18(14-17)16(15-24-19)6-7-25-8-10-26(11-9-25)20-2-1-3-21-22(20)28-13-12-27-21/h1-5,14,16,24H,6-13,15H2. The Morgan fingerprint density at radius 2 is 1.89 bits per heavy atom. The number of anilines is 2. The van der Waals surface area contributed by atoms with Crippen molar-refractivity contribution in [1.29, 1.82) is 0 Å². The Balaban J connectivity index is 1.17. The molecule has 0 spiro atoms. The van der Waals surface area contributed by atoms with E-state index >= 15 is 0 Å². The molecule has 1 atom stereocenters. The highest BCUT2D eigenvalue weighted by Crippen LogP contribution is 2.40. The first kappa shape index (κ1) is 18.0. The van der Waals surface area contributed by atoms with Gasteiger partial charge in [-0.1, -0.05) is 17.7 Å². The monoisotopic (exact) mass is 399 g/mol. The third kappa shape index (κ3) is 3.49. The van der Waals surface area contributed by atoms with Crippen LogP contribution in [0.15, 0.2) is 36.4 Å². The van der Waals surface area contributed by atoms with E-state index in [1.54, 1.807) is 0 Å². The molecule has 3 aliphatic heterocycles. The molecule has 0 bridgehead atoms. The molecule has 5 rings (SSSR count). The van der Waals surface area contributed by atoms with Crippen molar-refractivity contribution in [3.05, 3.63) is 47.0 Å². The minimum Gasteiger partial charge on any atom is -0.486 e. The molecule has 1 N–H and O–H groups in total. The van der Waals surface area contributed by atoms with Gasteiger partial charge in [0.05, 0.1) is 5.69 Å². The number of hydrogen-bond donors (Lipinski definition) is 1. The maximum atomic E-state index is 6.20. The number of piperazine rings is 1. The number of nitrogens with one attached hydrogen (secondary N) is 1. The van der Waals surface area contributed by atoms with Gasteiger partial charge < -0.3 is 19.7 Å². The largest absolute Gasteiger partial charge is 0.486 e. The van der Waals surface area contributed by atoms with Crippen LogP contribution in [-0.2, 0) is 0 Å². The van der Waals surface area contributed by atoms with Gasteiger partial charge in [-0.25, -0.2) is 0 Å². The fraction of sp³-hybridized carbons (Fsp3) is 0.455. The van der Waals surface area contributed by atoms with Gasteiger partial charge in [0.2, 0.25) is 0 Å². The van der Waals surface area contributed by atoms with Crippen LogP contribution in [0.3, 0.4) is 0 Å². The van der Waals surface area contributed by atoms with E-state index in [1.165, 1.54) is 16.9 Å². The number of benzene rings is 2. The van der Waals surface area contributed by atoms with E-state index in [0.29, 0.717) is 19.1 Å². The second kappa shape index (κ2) is 7.72. The van der Waals surface area contributed by atoms with E-state index in [1.807, 2.05) is 12.1 Å². The number of rotatable bonds is 4. The molecule has 28 heavy (non-hydrogen) atoms. The predicted octanol–water partition coefficient (Wildman–Crippen LogP) is 3.83. The predicted molar refractivity (Wildman–Crippen MR) is 113 cm³/mol. The molecule has 3 heterocycles. The van der Waals surface area contributed by atoms with Crippen molar-refractivity contribution in [3.8, 4) is 11.5 Å². The zero-order chi connectivity index (χ0) is 18.9. The van der Waals surface area contributed by atoms with E-state index in [2.05, 4.69) is 39.4 Å². The van der Waals surface area contributed by atoms with Gasteiger partial charge in [0, 0.05) is 49.4 Å². The molecule has 0 saturated carbocycles. The lowest BCUT2D eigenvalue weighted by Crippen LogP contribution is -2.47. The van der Waals surface area contributed by atoms with Crippen molar-refractivity contribution in [2.24, 2.45) is 0 Å². The lowest BCUT2D eigenvalue weighted by Gasteiger charge is -2.37. The highest BCUT2D eigenvalue weighted by atomic mass is 35.5. The van der Waals surface area contributed by atoms with E-state index in [0.717, 1.165) is 62.2 Å². The maximum absolute atomic E-state index is 6.20. The van der Waals surface area contributed by atoms with Gasteiger partial charge in [-0.2, -0.15) is 0 Å². The molecule has 0 amide bonds. The summed E-state index contributed by atoms with van der Waals surface area (Å²) >= 11 is 6.20. The van der Waals surface area contributed by atoms with Gasteiger partial charge in [-0.05, 0) is 48.9 Å². The Hall–Kier alpha value is -2.11. The van der Waals surface area contributed by atoms with Gasteiger partial charge in [0.25, 0.3) is 0 Å². The summed E-state index contributed by atoms with van der Waals surface area (Å²) < 4.78 is 11.6. The average Bonchev–Trinajstić information content (AvgIpc) is 3.14. The van der Waals surface area contributed by atoms with Crippen molar-refractivity contribution in [2.45, 2.75) is 12.3 Å². The minimum absolute atomic E-state index is 0.554. The Morgan fingerprint density at radius 3 is 2.79 bits per heavy atom. The van der Waals surface area contributed by atoms with Gasteiger partial charge in [0.1, 0.15) is 13.2 Å². The summed E-state index contributed by atoms with van der Waals surface area (Å²) in [5, 5.41) is 4.34. The van der Waals surface area contributed by atoms with Crippen LogP contribution >= 0.6 is 11.6 Å². The van der Waals surface area contributed by atoms with Crippen molar-refractivity contribution in [3.63, 3.8) is 0 Å². The zero-order valence-corrected chi connectivity index (χ0v) is 16.8. The van der Waals surface area contributed by atoms with Crippen LogP contribution in [0.1, 0.15) is 17.9 Å². The van der Waals surface area contributed by atoms with Crippen LogP contribution in [0.4, 0.5) is 11.4 Å². The van der Waals surface area contributed by atoms with Gasteiger partial charge in [-0.15, -0.1) is 0 Å². The molecule has 0 aliphatic carbocycles. The molecule has 1 saturated heterocycles. The maximum Gasteiger partial charge on any atom is 0.184 e. The molecule has 3 aliphatic rings. The van der Waals surface area contributed by atoms with Crippen LogP contribution in [0.2, 0.25) is 5.02 Å². The number of nitrogens with zero attached hydrogens (tertiary/aromatic N) is 2. The number of fused-ring (bicyclic) bond motifs is 2. The summed E-state index contributed by atoms with van der Waals surface area (Å²) in [6.45, 7) is 7.59. The van der Waals surface area contributed by atoms with Crippen LogP contribution in [0.5, 0.6) is 11.5 Å². The van der Waals surface area contributed by atoms with Gasteiger partial charge in [0.15, 0.2) is 11.5 Å². The Morgan fingerprint density at radius 1 is 1.04 bits per heavy atom. The Kier molecular flexibility index (Phi) is 4.95. The number of para-hydroxylation sites is 1. The third-order valence-corrected chi connectivity index (χ3v) is 6.28. The fourth-order valence-electron chi connectivity index (χ4n) is 4.49. The first-order valence-electron chi connectivity index (χ1n) is 10.2. The van der Waals surface area contributed by atoms with Crippen molar-refractivity contribution in [1.82, 2.24) is 4.90 Å². The summed E-state index contributed by atoms with van der Waals surface area (Å²) in [5.41, 5.74) is 3.79. The minimum atomic E-state index is 0.554. The van der Waals surface area contributed by atoms with Crippen molar-refractivity contribution >= 4 is 23.0 Å². The molecule has 148 valence electrons. The molecule has 2 aromatic carbocycles. The fourth-order valence-corrected chi connectivity index (χ4v) is 4.67. The number of ether oxygens (including phenoxy) is 2. The molecule has 5 nitrogen and oxygen atoms in total. The Labute approximate surface area is 171 Å². The second-order valence-electron chi connectivity index (χ2n) is 7.73. The molecular weight excluding hydrogens is 374 g/mol. The second-order valence-corrected chi connectivity index (χ2v) is 8.16. The van der Waals surface area contributed by atoms with E-state index in [-0.39, 0.29) is 0 Å². The Bertz CT molecular complexity index is 852. The van der Waals surface area contributed by atoms with Crippen LogP contribution < -0.4 is 19.7 Å². The number of halogens is 1. The number of hydrogen-bond acceptors (Lipinski definition) is 5. The SMILES string of the molecule is Clc1ccc2c(c1)C(CCN1CCN(c3cccc4c3OCCO4)CC1)CN2. The molecule has 0 aromatic heterocycles. The smallest absolute Gasteiger partial charge is 0.184 e. The summed E-state index contributed by atoms with van der Waals surface area (Å²) in [4.78, 5) is 5.00. The highest BCUT2D eigenvalue weighted by Gasteiger charge is 2.26. The summed E-state index contributed by atoms with van der Waals surface area (Å²) in [6, 6.07) is 12.4. The van der Waals surface area contributed by atoms with E-state index in [4.69, 9.17) is 21.1 Å². The molecule has 0 radical (unpaired) electrons.